The molecule has 0 aromatic heterocycles. The summed E-state index contributed by atoms with van der Waals surface area (Å²) in [5.41, 5.74) is 10.8. The van der Waals surface area contributed by atoms with Crippen molar-refractivity contribution in [2.75, 3.05) is 19.8 Å². The molecule has 0 unspecified atom stereocenters. The van der Waals surface area contributed by atoms with Gasteiger partial charge in [0, 0.05) is 31.7 Å². The van der Waals surface area contributed by atoms with Gasteiger partial charge < -0.3 is 21.1 Å². The van der Waals surface area contributed by atoms with E-state index in [1.807, 2.05) is 6.92 Å². The van der Waals surface area contributed by atoms with Crippen molar-refractivity contribution in [1.82, 2.24) is 4.90 Å². The first kappa shape index (κ1) is 13.9. The quantitative estimate of drug-likeness (QED) is 0.639. The van der Waals surface area contributed by atoms with E-state index >= 15 is 0 Å². The Morgan fingerprint density at radius 2 is 2.00 bits per heavy atom. The second-order valence-corrected chi connectivity index (χ2v) is 4.23. The van der Waals surface area contributed by atoms with Crippen molar-refractivity contribution >= 4 is 11.8 Å². The topological polar surface area (TPSA) is 98.7 Å². The summed E-state index contributed by atoms with van der Waals surface area (Å²) in [4.78, 5) is 24.6. The highest BCUT2D eigenvalue weighted by molar-refractivity contribution is 5.80. The first-order valence-electron chi connectivity index (χ1n) is 5.97. The lowest BCUT2D eigenvalue weighted by Gasteiger charge is -2.29. The number of carbonyl (C=O) groups is 2. The molecule has 2 atom stereocenters. The van der Waals surface area contributed by atoms with Crippen molar-refractivity contribution in [3.8, 4) is 0 Å². The highest BCUT2D eigenvalue weighted by Crippen LogP contribution is 2.25. The van der Waals surface area contributed by atoms with Gasteiger partial charge in [0.2, 0.25) is 11.8 Å². The number of nitrogens with two attached hydrogens (primary N) is 2. The summed E-state index contributed by atoms with van der Waals surface area (Å²) in [6, 6.07) is -0.110. The van der Waals surface area contributed by atoms with Crippen LogP contribution < -0.4 is 11.5 Å². The zero-order chi connectivity index (χ0) is 12.8. The summed E-state index contributed by atoms with van der Waals surface area (Å²) in [5.74, 6) is -0.493. The third-order valence-electron chi connectivity index (χ3n) is 3.05. The van der Waals surface area contributed by atoms with E-state index in [-0.39, 0.29) is 36.9 Å². The predicted molar refractivity (Wildman–Crippen MR) is 63.0 cm³/mol. The number of likely N-dealkylation sites (tertiary alicyclic amines) is 1. The number of carbonyl (C=O) groups excluding carboxylic acids is 2. The van der Waals surface area contributed by atoms with Crippen molar-refractivity contribution in [3.63, 3.8) is 0 Å². The number of amides is 2. The van der Waals surface area contributed by atoms with E-state index in [1.165, 1.54) is 0 Å². The fraction of sp³-hybridized carbons (Fsp3) is 0.818. The third-order valence-corrected chi connectivity index (χ3v) is 3.05. The lowest BCUT2D eigenvalue weighted by molar-refractivity contribution is -0.139. The van der Waals surface area contributed by atoms with Crippen LogP contribution >= 0.6 is 0 Å². The molecule has 6 nitrogen and oxygen atoms in total. The van der Waals surface area contributed by atoms with Gasteiger partial charge in [-0.3, -0.25) is 9.59 Å². The molecule has 0 saturated carbocycles. The molecule has 1 rings (SSSR count). The van der Waals surface area contributed by atoms with Gasteiger partial charge in [-0.05, 0) is 19.8 Å². The number of ether oxygens (including phenoxy) is 1. The Bertz CT molecular complexity index is 283. The Kier molecular flexibility index (Phi) is 5.37. The Balaban J connectivity index is 2.65. The zero-order valence-electron chi connectivity index (χ0n) is 10.2. The van der Waals surface area contributed by atoms with Crippen LogP contribution in [0.25, 0.3) is 0 Å². The van der Waals surface area contributed by atoms with Crippen LogP contribution in [0.5, 0.6) is 0 Å². The maximum absolute atomic E-state index is 12.0. The minimum Gasteiger partial charge on any atom is -0.372 e. The lowest BCUT2D eigenvalue weighted by atomic mass is 10.1. The predicted octanol–water partition coefficient (Wildman–Crippen LogP) is -0.783. The van der Waals surface area contributed by atoms with Gasteiger partial charge in [-0.15, -0.1) is 0 Å². The Morgan fingerprint density at radius 3 is 2.53 bits per heavy atom. The van der Waals surface area contributed by atoms with E-state index in [4.69, 9.17) is 16.2 Å². The van der Waals surface area contributed by atoms with Gasteiger partial charge in [0.25, 0.3) is 0 Å². The average Bonchev–Trinajstić information content (AvgIpc) is 2.67. The van der Waals surface area contributed by atoms with E-state index in [2.05, 4.69) is 0 Å². The highest BCUT2D eigenvalue weighted by Gasteiger charge is 2.36. The molecule has 0 bridgehead atoms. The van der Waals surface area contributed by atoms with Crippen LogP contribution in [0.1, 0.15) is 26.2 Å². The van der Waals surface area contributed by atoms with Gasteiger partial charge in [-0.25, -0.2) is 0 Å². The van der Waals surface area contributed by atoms with Crippen LogP contribution in [-0.4, -0.2) is 48.6 Å². The second-order valence-electron chi connectivity index (χ2n) is 4.23. The monoisotopic (exact) mass is 243 g/mol. The molecule has 1 aliphatic rings. The number of primary amides is 1. The summed E-state index contributed by atoms with van der Waals surface area (Å²) in [6.45, 7) is 2.78. The second kappa shape index (κ2) is 6.56. The van der Waals surface area contributed by atoms with E-state index in [0.717, 1.165) is 12.8 Å². The van der Waals surface area contributed by atoms with E-state index < -0.39 is 0 Å². The first-order valence-corrected chi connectivity index (χ1v) is 5.97. The minimum absolute atomic E-state index is 0.00676. The van der Waals surface area contributed by atoms with Crippen LogP contribution in [0.3, 0.4) is 0 Å². The van der Waals surface area contributed by atoms with Gasteiger partial charge in [-0.2, -0.15) is 0 Å². The summed E-state index contributed by atoms with van der Waals surface area (Å²) in [5, 5.41) is 0. The largest absolute Gasteiger partial charge is 0.372 e. The van der Waals surface area contributed by atoms with Crippen LogP contribution in [0, 0.1) is 0 Å². The Morgan fingerprint density at radius 1 is 1.35 bits per heavy atom. The number of nitrogens with zero attached hydrogens (tertiary/aromatic N) is 1. The fourth-order valence-electron chi connectivity index (χ4n) is 2.30. The molecule has 98 valence electrons. The molecule has 1 fully saturated rings. The van der Waals surface area contributed by atoms with Crippen LogP contribution in [0.4, 0.5) is 0 Å². The minimum atomic E-state index is -0.387. The zero-order valence-corrected chi connectivity index (χ0v) is 10.2. The van der Waals surface area contributed by atoms with Gasteiger partial charge >= 0.3 is 0 Å². The van der Waals surface area contributed by atoms with E-state index in [1.54, 1.807) is 4.90 Å². The molecule has 0 radical (unpaired) electrons. The van der Waals surface area contributed by atoms with Crippen molar-refractivity contribution in [2.45, 2.75) is 38.3 Å². The molecular formula is C11H21N3O3. The number of rotatable bonds is 6. The molecule has 2 amide bonds. The molecule has 6 heteroatoms. The molecule has 1 saturated heterocycles. The lowest BCUT2D eigenvalue weighted by Crippen LogP contribution is -2.47. The highest BCUT2D eigenvalue weighted by atomic mass is 16.5. The Labute approximate surface area is 101 Å². The molecular weight excluding hydrogens is 222 g/mol. The molecule has 0 spiro atoms. The molecule has 1 aliphatic heterocycles. The Hall–Kier alpha value is -1.14. The summed E-state index contributed by atoms with van der Waals surface area (Å²) in [6.07, 6.45) is 1.81. The molecule has 4 N–H and O–H groups in total. The van der Waals surface area contributed by atoms with Gasteiger partial charge in [0.05, 0.1) is 0 Å². The van der Waals surface area contributed by atoms with Crippen molar-refractivity contribution in [3.05, 3.63) is 0 Å². The van der Waals surface area contributed by atoms with Crippen molar-refractivity contribution in [2.24, 2.45) is 11.5 Å². The molecule has 0 aromatic rings. The average molecular weight is 243 g/mol. The van der Waals surface area contributed by atoms with Gasteiger partial charge in [0.15, 0.2) is 0 Å². The standard InChI is InChI=1S/C11H21N3O3/c1-2-17-7-11(16)14-8(5-10(13)15)3-4-9(14)6-12/h8-9H,2-7,12H2,1H3,(H2,13,15)/t8-,9+/m1/s1. The van der Waals surface area contributed by atoms with Crippen molar-refractivity contribution < 1.29 is 14.3 Å². The molecule has 17 heavy (non-hydrogen) atoms. The molecule has 1 heterocycles. The smallest absolute Gasteiger partial charge is 0.249 e. The summed E-state index contributed by atoms with van der Waals surface area (Å²) in [7, 11) is 0. The maximum atomic E-state index is 12.0. The van der Waals surface area contributed by atoms with Gasteiger partial charge in [0.1, 0.15) is 6.61 Å². The van der Waals surface area contributed by atoms with Gasteiger partial charge in [-0.1, -0.05) is 0 Å². The van der Waals surface area contributed by atoms with Crippen molar-refractivity contribution in [1.29, 1.82) is 0 Å². The van der Waals surface area contributed by atoms with E-state index in [9.17, 15) is 9.59 Å². The van der Waals surface area contributed by atoms with Crippen LogP contribution in [0.15, 0.2) is 0 Å². The van der Waals surface area contributed by atoms with Crippen LogP contribution in [-0.2, 0) is 14.3 Å². The maximum Gasteiger partial charge on any atom is 0.249 e. The number of hydrogen-bond acceptors (Lipinski definition) is 4. The van der Waals surface area contributed by atoms with Crippen LogP contribution in [0.2, 0.25) is 0 Å². The fourth-order valence-corrected chi connectivity index (χ4v) is 2.30. The summed E-state index contributed by atoms with van der Waals surface area (Å²) >= 11 is 0. The number of hydrogen-bond donors (Lipinski definition) is 2. The molecule has 0 aliphatic carbocycles. The van der Waals surface area contributed by atoms with E-state index in [0.29, 0.717) is 13.2 Å². The molecule has 0 aromatic carbocycles. The first-order chi connectivity index (χ1) is 8.10. The SMILES string of the molecule is CCOCC(=O)N1[C@H](CN)CC[C@@H]1CC(N)=O. The normalized spacial score (nSPS) is 24.0. The summed E-state index contributed by atoms with van der Waals surface area (Å²) < 4.78 is 5.11. The third kappa shape index (κ3) is 3.67.